The van der Waals surface area contributed by atoms with Crippen LogP contribution in [0.5, 0.6) is 0 Å². The van der Waals surface area contributed by atoms with Crippen molar-refractivity contribution in [3.05, 3.63) is 71.5 Å². The van der Waals surface area contributed by atoms with E-state index in [0.29, 0.717) is 12.0 Å². The van der Waals surface area contributed by atoms with Crippen molar-refractivity contribution >= 4 is 11.8 Å². The van der Waals surface area contributed by atoms with Gasteiger partial charge in [0, 0.05) is 25.5 Å². The Morgan fingerprint density at radius 2 is 1.71 bits per heavy atom. The molecule has 0 bridgehead atoms. The lowest BCUT2D eigenvalue weighted by Crippen LogP contribution is -2.33. The Labute approximate surface area is 141 Å². The summed E-state index contributed by atoms with van der Waals surface area (Å²) in [5.74, 6) is -0.758. The average Bonchev–Trinajstić information content (AvgIpc) is 2.55. The molecule has 2 amide bonds. The lowest BCUT2D eigenvalue weighted by molar-refractivity contribution is -0.122. The fourth-order valence-electron chi connectivity index (χ4n) is 2.46. The molecule has 2 rings (SSSR count). The second kappa shape index (κ2) is 8.82. The summed E-state index contributed by atoms with van der Waals surface area (Å²) in [6.07, 6.45) is 0.646. The normalized spacial score (nSPS) is 11.6. The third-order valence-corrected chi connectivity index (χ3v) is 3.62. The fraction of sp³-hybridized carbons (Fsp3) is 0.263. The molecule has 0 fully saturated rings. The van der Waals surface area contributed by atoms with Gasteiger partial charge in [0.2, 0.25) is 11.8 Å². The highest BCUT2D eigenvalue weighted by Crippen LogP contribution is 2.21. The largest absolute Gasteiger partial charge is 0.356 e. The molecule has 4 nitrogen and oxygen atoms in total. The molecular weight excluding hydrogens is 307 g/mol. The maximum atomic E-state index is 14.1. The van der Waals surface area contributed by atoms with E-state index in [1.807, 2.05) is 30.3 Å². The zero-order valence-corrected chi connectivity index (χ0v) is 13.6. The topological polar surface area (TPSA) is 58.2 Å². The van der Waals surface area contributed by atoms with Gasteiger partial charge in [-0.05, 0) is 18.1 Å². The number of benzene rings is 2. The minimum absolute atomic E-state index is 0.152. The molecule has 126 valence electrons. The molecule has 0 saturated heterocycles. The predicted molar refractivity (Wildman–Crippen MR) is 90.7 cm³/mol. The summed E-state index contributed by atoms with van der Waals surface area (Å²) in [5, 5.41) is 5.44. The van der Waals surface area contributed by atoms with E-state index in [1.54, 1.807) is 18.2 Å². The summed E-state index contributed by atoms with van der Waals surface area (Å²) in [5.41, 5.74) is 1.46. The fourth-order valence-corrected chi connectivity index (χ4v) is 2.46. The Morgan fingerprint density at radius 3 is 2.38 bits per heavy atom. The first kappa shape index (κ1) is 17.7. The van der Waals surface area contributed by atoms with E-state index in [-0.39, 0.29) is 30.6 Å². The van der Waals surface area contributed by atoms with Crippen LogP contribution in [0.2, 0.25) is 0 Å². The van der Waals surface area contributed by atoms with E-state index >= 15 is 0 Å². The van der Waals surface area contributed by atoms with Gasteiger partial charge < -0.3 is 10.6 Å². The smallest absolute Gasteiger partial charge is 0.222 e. The summed E-state index contributed by atoms with van der Waals surface area (Å²) in [7, 11) is 0. The maximum absolute atomic E-state index is 14.1. The standard InChI is InChI=1S/C19H21FN2O2/c1-14(23)21-12-11-19(24)22-18(13-15-7-3-2-4-8-15)16-9-5-6-10-17(16)20/h2-10,18H,11-13H2,1H3,(H,21,23)(H,22,24)/t18-/m1/s1. The van der Waals surface area contributed by atoms with Crippen molar-refractivity contribution < 1.29 is 14.0 Å². The van der Waals surface area contributed by atoms with Crippen LogP contribution in [0.3, 0.4) is 0 Å². The lowest BCUT2D eigenvalue weighted by atomic mass is 9.98. The molecule has 0 aliphatic heterocycles. The number of halogens is 1. The number of nitrogens with one attached hydrogen (secondary N) is 2. The monoisotopic (exact) mass is 328 g/mol. The van der Waals surface area contributed by atoms with Gasteiger partial charge in [0.05, 0.1) is 6.04 Å². The number of hydrogen-bond acceptors (Lipinski definition) is 2. The summed E-state index contributed by atoms with van der Waals surface area (Å²) in [6.45, 7) is 1.66. The number of hydrogen-bond donors (Lipinski definition) is 2. The van der Waals surface area contributed by atoms with Crippen molar-refractivity contribution in [3.63, 3.8) is 0 Å². The van der Waals surface area contributed by atoms with Gasteiger partial charge in [0.1, 0.15) is 5.82 Å². The predicted octanol–water partition coefficient (Wildman–Crippen LogP) is 2.75. The van der Waals surface area contributed by atoms with Gasteiger partial charge >= 0.3 is 0 Å². The number of rotatable bonds is 7. The quantitative estimate of drug-likeness (QED) is 0.821. The van der Waals surface area contributed by atoms with Crippen LogP contribution in [-0.4, -0.2) is 18.4 Å². The van der Waals surface area contributed by atoms with Gasteiger partial charge in [0.15, 0.2) is 0 Å². The first-order chi connectivity index (χ1) is 11.6. The summed E-state index contributed by atoms with van der Waals surface area (Å²) < 4.78 is 14.1. The molecule has 0 aliphatic carbocycles. The van der Waals surface area contributed by atoms with Crippen LogP contribution < -0.4 is 10.6 Å². The molecule has 5 heteroatoms. The molecule has 0 radical (unpaired) electrons. The molecule has 0 unspecified atom stereocenters. The SMILES string of the molecule is CC(=O)NCCC(=O)N[C@H](Cc1ccccc1)c1ccccc1F. The zero-order valence-electron chi connectivity index (χ0n) is 13.6. The maximum Gasteiger partial charge on any atom is 0.222 e. The molecule has 24 heavy (non-hydrogen) atoms. The van der Waals surface area contributed by atoms with Crippen LogP contribution in [0.15, 0.2) is 54.6 Å². The van der Waals surface area contributed by atoms with Crippen molar-refractivity contribution in [1.82, 2.24) is 10.6 Å². The summed E-state index contributed by atoms with van der Waals surface area (Å²) in [6, 6.07) is 15.6. The molecule has 1 atom stereocenters. The minimum Gasteiger partial charge on any atom is -0.356 e. The Hall–Kier alpha value is -2.69. The Morgan fingerprint density at radius 1 is 1.04 bits per heavy atom. The Kier molecular flexibility index (Phi) is 6.49. The van der Waals surface area contributed by atoms with Gasteiger partial charge in [-0.1, -0.05) is 48.5 Å². The first-order valence-electron chi connectivity index (χ1n) is 7.88. The van der Waals surface area contributed by atoms with Crippen molar-refractivity contribution in [3.8, 4) is 0 Å². The molecule has 2 aromatic carbocycles. The van der Waals surface area contributed by atoms with E-state index in [1.165, 1.54) is 13.0 Å². The van der Waals surface area contributed by atoms with Crippen LogP contribution >= 0.6 is 0 Å². The Bertz CT molecular complexity index is 689. The summed E-state index contributed by atoms with van der Waals surface area (Å²) in [4.78, 5) is 23.0. The van der Waals surface area contributed by atoms with E-state index in [0.717, 1.165) is 5.56 Å². The molecule has 2 aromatic rings. The van der Waals surface area contributed by atoms with Crippen LogP contribution in [0.25, 0.3) is 0 Å². The first-order valence-corrected chi connectivity index (χ1v) is 7.88. The van der Waals surface area contributed by atoms with Crippen molar-refractivity contribution in [2.75, 3.05) is 6.54 Å². The average molecular weight is 328 g/mol. The van der Waals surface area contributed by atoms with Crippen LogP contribution in [0.1, 0.15) is 30.5 Å². The van der Waals surface area contributed by atoms with Crippen LogP contribution in [0.4, 0.5) is 4.39 Å². The molecule has 0 heterocycles. The second-order valence-corrected chi connectivity index (χ2v) is 5.56. The molecule has 0 saturated carbocycles. The molecule has 0 aliphatic rings. The number of carbonyl (C=O) groups is 2. The molecule has 0 spiro atoms. The van der Waals surface area contributed by atoms with E-state index in [9.17, 15) is 14.0 Å². The van der Waals surface area contributed by atoms with Crippen molar-refractivity contribution in [2.45, 2.75) is 25.8 Å². The summed E-state index contributed by atoms with van der Waals surface area (Å²) >= 11 is 0. The third-order valence-electron chi connectivity index (χ3n) is 3.62. The highest BCUT2D eigenvalue weighted by molar-refractivity contribution is 5.78. The van der Waals surface area contributed by atoms with Crippen LogP contribution in [-0.2, 0) is 16.0 Å². The van der Waals surface area contributed by atoms with Gasteiger partial charge in [-0.15, -0.1) is 0 Å². The van der Waals surface area contributed by atoms with E-state index in [4.69, 9.17) is 0 Å². The van der Waals surface area contributed by atoms with Gasteiger partial charge in [-0.3, -0.25) is 9.59 Å². The lowest BCUT2D eigenvalue weighted by Gasteiger charge is -2.20. The molecular formula is C19H21FN2O2. The minimum atomic E-state index is -0.460. The second-order valence-electron chi connectivity index (χ2n) is 5.56. The van der Waals surface area contributed by atoms with Gasteiger partial charge in [-0.2, -0.15) is 0 Å². The number of carbonyl (C=O) groups excluding carboxylic acids is 2. The van der Waals surface area contributed by atoms with Gasteiger partial charge in [0.25, 0.3) is 0 Å². The highest BCUT2D eigenvalue weighted by Gasteiger charge is 2.18. The highest BCUT2D eigenvalue weighted by atomic mass is 19.1. The number of amides is 2. The van der Waals surface area contributed by atoms with Crippen molar-refractivity contribution in [1.29, 1.82) is 0 Å². The van der Waals surface area contributed by atoms with Crippen molar-refractivity contribution in [2.24, 2.45) is 0 Å². The molecule has 2 N–H and O–H groups in total. The molecule has 0 aromatic heterocycles. The van der Waals surface area contributed by atoms with E-state index < -0.39 is 6.04 Å². The third kappa shape index (κ3) is 5.50. The van der Waals surface area contributed by atoms with Crippen LogP contribution in [0, 0.1) is 5.82 Å². The van der Waals surface area contributed by atoms with Gasteiger partial charge in [-0.25, -0.2) is 4.39 Å². The van der Waals surface area contributed by atoms with E-state index in [2.05, 4.69) is 10.6 Å². The Balaban J connectivity index is 2.09. The zero-order chi connectivity index (χ0) is 17.4.